The van der Waals surface area contributed by atoms with Gasteiger partial charge in [-0.3, -0.25) is 9.69 Å². The van der Waals surface area contributed by atoms with E-state index in [1.807, 2.05) is 6.92 Å². The highest BCUT2D eigenvalue weighted by Gasteiger charge is 2.42. The Morgan fingerprint density at radius 1 is 1.53 bits per heavy atom. The highest BCUT2D eigenvalue weighted by Crippen LogP contribution is 2.27. The second kappa shape index (κ2) is 4.94. The van der Waals surface area contributed by atoms with Gasteiger partial charge in [0, 0.05) is 26.2 Å². The standard InChI is InChI=1S/C11H23N3O/c1-4-9(2)11(3,10(12)15)14-7-5-13-6-8-14/h9,13H,4-8H2,1-3H3,(H2,12,15). The van der Waals surface area contributed by atoms with Gasteiger partial charge in [-0.25, -0.2) is 0 Å². The molecule has 1 rings (SSSR count). The molecule has 0 aromatic rings. The molecule has 0 aromatic carbocycles. The number of nitrogens with zero attached hydrogens (tertiary/aromatic N) is 1. The summed E-state index contributed by atoms with van der Waals surface area (Å²) in [5.74, 6) is 0.104. The van der Waals surface area contributed by atoms with E-state index in [0.29, 0.717) is 5.92 Å². The molecule has 0 spiro atoms. The zero-order valence-corrected chi connectivity index (χ0v) is 10.0. The van der Waals surface area contributed by atoms with Crippen LogP contribution < -0.4 is 11.1 Å². The number of carbonyl (C=O) groups is 1. The quantitative estimate of drug-likeness (QED) is 0.700. The summed E-state index contributed by atoms with van der Waals surface area (Å²) in [6.07, 6.45) is 0.976. The largest absolute Gasteiger partial charge is 0.368 e. The van der Waals surface area contributed by atoms with Crippen molar-refractivity contribution in [3.8, 4) is 0 Å². The average molecular weight is 213 g/mol. The fourth-order valence-corrected chi connectivity index (χ4v) is 2.24. The number of hydrogen-bond acceptors (Lipinski definition) is 3. The minimum atomic E-state index is -0.489. The molecule has 1 fully saturated rings. The minimum Gasteiger partial charge on any atom is -0.368 e. The maximum Gasteiger partial charge on any atom is 0.237 e. The first-order chi connectivity index (χ1) is 7.03. The number of piperazine rings is 1. The van der Waals surface area contributed by atoms with Gasteiger partial charge >= 0.3 is 0 Å². The van der Waals surface area contributed by atoms with Gasteiger partial charge in [0.15, 0.2) is 0 Å². The predicted octanol–water partition coefficient (Wildman–Crippen LogP) is 0.182. The third-order valence-electron chi connectivity index (χ3n) is 3.84. The van der Waals surface area contributed by atoms with E-state index in [1.165, 1.54) is 0 Å². The van der Waals surface area contributed by atoms with Crippen molar-refractivity contribution in [1.29, 1.82) is 0 Å². The second-order valence-electron chi connectivity index (χ2n) is 4.56. The maximum atomic E-state index is 11.7. The first-order valence-corrected chi connectivity index (χ1v) is 5.79. The summed E-state index contributed by atoms with van der Waals surface area (Å²) in [4.78, 5) is 13.9. The van der Waals surface area contributed by atoms with Gasteiger partial charge in [-0.1, -0.05) is 20.3 Å². The van der Waals surface area contributed by atoms with Gasteiger partial charge in [0.05, 0.1) is 5.54 Å². The van der Waals surface area contributed by atoms with Crippen molar-refractivity contribution in [2.75, 3.05) is 26.2 Å². The fourth-order valence-electron chi connectivity index (χ4n) is 2.24. The fraction of sp³-hybridized carbons (Fsp3) is 0.909. The van der Waals surface area contributed by atoms with Crippen LogP contribution in [0.25, 0.3) is 0 Å². The van der Waals surface area contributed by atoms with E-state index in [4.69, 9.17) is 5.73 Å². The lowest BCUT2D eigenvalue weighted by atomic mass is 9.82. The van der Waals surface area contributed by atoms with Crippen LogP contribution >= 0.6 is 0 Å². The molecule has 1 aliphatic rings. The number of amides is 1. The Hall–Kier alpha value is -0.610. The number of rotatable bonds is 4. The van der Waals surface area contributed by atoms with Gasteiger partial charge in [0.25, 0.3) is 0 Å². The topological polar surface area (TPSA) is 58.4 Å². The summed E-state index contributed by atoms with van der Waals surface area (Å²) in [6, 6.07) is 0. The summed E-state index contributed by atoms with van der Waals surface area (Å²) in [7, 11) is 0. The van der Waals surface area contributed by atoms with E-state index in [2.05, 4.69) is 24.1 Å². The molecule has 1 saturated heterocycles. The normalized spacial score (nSPS) is 24.5. The van der Waals surface area contributed by atoms with E-state index in [-0.39, 0.29) is 5.91 Å². The van der Waals surface area contributed by atoms with Crippen molar-refractivity contribution in [1.82, 2.24) is 10.2 Å². The van der Waals surface area contributed by atoms with E-state index < -0.39 is 5.54 Å². The summed E-state index contributed by atoms with van der Waals surface area (Å²) >= 11 is 0. The summed E-state index contributed by atoms with van der Waals surface area (Å²) < 4.78 is 0. The van der Waals surface area contributed by atoms with E-state index in [1.54, 1.807) is 0 Å². The van der Waals surface area contributed by atoms with Crippen LogP contribution in [0, 0.1) is 5.92 Å². The Morgan fingerprint density at radius 2 is 2.07 bits per heavy atom. The number of primary amides is 1. The van der Waals surface area contributed by atoms with Gasteiger partial charge in [0.2, 0.25) is 5.91 Å². The Balaban J connectivity index is 2.83. The van der Waals surface area contributed by atoms with Crippen molar-refractivity contribution in [2.45, 2.75) is 32.7 Å². The highest BCUT2D eigenvalue weighted by molar-refractivity contribution is 5.84. The highest BCUT2D eigenvalue weighted by atomic mass is 16.1. The van der Waals surface area contributed by atoms with Crippen molar-refractivity contribution in [3.63, 3.8) is 0 Å². The minimum absolute atomic E-state index is 0.196. The molecule has 1 amide bonds. The Labute approximate surface area is 92.2 Å². The van der Waals surface area contributed by atoms with Gasteiger partial charge < -0.3 is 11.1 Å². The summed E-state index contributed by atoms with van der Waals surface area (Å²) in [5, 5.41) is 3.29. The lowest BCUT2D eigenvalue weighted by molar-refractivity contribution is -0.133. The van der Waals surface area contributed by atoms with Crippen LogP contribution in [0.1, 0.15) is 27.2 Å². The molecule has 4 heteroatoms. The third kappa shape index (κ3) is 2.32. The lowest BCUT2D eigenvalue weighted by Crippen LogP contribution is -2.63. The van der Waals surface area contributed by atoms with Crippen LogP contribution in [0.5, 0.6) is 0 Å². The number of hydrogen-bond donors (Lipinski definition) is 2. The molecule has 1 aliphatic heterocycles. The maximum absolute atomic E-state index is 11.7. The molecule has 2 atom stereocenters. The van der Waals surface area contributed by atoms with Crippen LogP contribution in [-0.2, 0) is 4.79 Å². The molecule has 1 heterocycles. The Bertz CT molecular complexity index is 226. The molecule has 0 aliphatic carbocycles. The van der Waals surface area contributed by atoms with Gasteiger partial charge in [-0.15, -0.1) is 0 Å². The van der Waals surface area contributed by atoms with Crippen LogP contribution in [0.2, 0.25) is 0 Å². The first-order valence-electron chi connectivity index (χ1n) is 5.79. The molecule has 4 nitrogen and oxygen atoms in total. The molecule has 3 N–H and O–H groups in total. The zero-order valence-electron chi connectivity index (χ0n) is 10.0. The van der Waals surface area contributed by atoms with Crippen LogP contribution in [-0.4, -0.2) is 42.5 Å². The molecule has 0 saturated carbocycles. The molecule has 0 bridgehead atoms. The Kier molecular flexibility index (Phi) is 4.11. The van der Waals surface area contributed by atoms with Crippen molar-refractivity contribution < 1.29 is 4.79 Å². The zero-order chi connectivity index (χ0) is 11.5. The van der Waals surface area contributed by atoms with Crippen LogP contribution in [0.4, 0.5) is 0 Å². The third-order valence-corrected chi connectivity index (χ3v) is 3.84. The van der Waals surface area contributed by atoms with Gasteiger partial charge in [-0.05, 0) is 12.8 Å². The molecule has 88 valence electrons. The molecule has 15 heavy (non-hydrogen) atoms. The summed E-state index contributed by atoms with van der Waals surface area (Å²) in [5.41, 5.74) is 5.09. The smallest absolute Gasteiger partial charge is 0.237 e. The first kappa shape index (κ1) is 12.5. The average Bonchev–Trinajstić information content (AvgIpc) is 2.27. The molecule has 2 unspecified atom stereocenters. The number of nitrogens with two attached hydrogens (primary N) is 1. The lowest BCUT2D eigenvalue weighted by Gasteiger charge is -2.44. The van der Waals surface area contributed by atoms with Crippen LogP contribution in [0.15, 0.2) is 0 Å². The molecular formula is C11H23N3O. The SMILES string of the molecule is CCC(C)C(C)(C(N)=O)N1CCNCC1. The monoisotopic (exact) mass is 213 g/mol. The van der Waals surface area contributed by atoms with Crippen molar-refractivity contribution in [2.24, 2.45) is 11.7 Å². The molecular weight excluding hydrogens is 190 g/mol. The predicted molar refractivity (Wildman–Crippen MR) is 61.5 cm³/mol. The van der Waals surface area contributed by atoms with Gasteiger partial charge in [-0.2, -0.15) is 0 Å². The second-order valence-corrected chi connectivity index (χ2v) is 4.56. The van der Waals surface area contributed by atoms with E-state index >= 15 is 0 Å². The number of carbonyl (C=O) groups excluding carboxylic acids is 1. The van der Waals surface area contributed by atoms with E-state index in [0.717, 1.165) is 32.6 Å². The van der Waals surface area contributed by atoms with Crippen LogP contribution in [0.3, 0.4) is 0 Å². The van der Waals surface area contributed by atoms with E-state index in [9.17, 15) is 4.79 Å². The molecule has 0 aromatic heterocycles. The molecule has 0 radical (unpaired) electrons. The summed E-state index contributed by atoms with van der Waals surface area (Å²) in [6.45, 7) is 9.89. The van der Waals surface area contributed by atoms with Gasteiger partial charge in [0.1, 0.15) is 0 Å². The van der Waals surface area contributed by atoms with Crippen molar-refractivity contribution >= 4 is 5.91 Å². The number of nitrogens with one attached hydrogen (secondary N) is 1. The Morgan fingerprint density at radius 3 is 2.47 bits per heavy atom. The van der Waals surface area contributed by atoms with Crippen molar-refractivity contribution in [3.05, 3.63) is 0 Å².